The summed E-state index contributed by atoms with van der Waals surface area (Å²) in [4.78, 5) is 13.0. The molecule has 0 bridgehead atoms. The number of amides is 1. The van der Waals surface area contributed by atoms with E-state index in [1.807, 2.05) is 67.6 Å². The number of hydrogen-bond acceptors (Lipinski definition) is 6. The molecule has 5 rings (SSSR count). The third kappa shape index (κ3) is 3.24. The van der Waals surface area contributed by atoms with Crippen molar-refractivity contribution in [1.82, 2.24) is 10.3 Å². The summed E-state index contributed by atoms with van der Waals surface area (Å²) in [6, 6.07) is 18.6. The summed E-state index contributed by atoms with van der Waals surface area (Å²) in [5.74, 6) is 2.03. The monoisotopic (exact) mass is 438 g/mol. The van der Waals surface area contributed by atoms with Crippen molar-refractivity contribution in [3.05, 3.63) is 77.0 Å². The van der Waals surface area contributed by atoms with Crippen LogP contribution >= 0.6 is 23.4 Å². The Hall–Kier alpha value is -2.90. The van der Waals surface area contributed by atoms with E-state index in [9.17, 15) is 4.79 Å². The first-order valence-electron chi connectivity index (χ1n) is 9.66. The third-order valence-corrected chi connectivity index (χ3v) is 6.15. The zero-order valence-electron chi connectivity index (χ0n) is 16.1. The van der Waals surface area contributed by atoms with Gasteiger partial charge >= 0.3 is 0 Å². The predicted octanol–water partition coefficient (Wildman–Crippen LogP) is 5.22. The van der Waals surface area contributed by atoms with Crippen molar-refractivity contribution in [3.63, 3.8) is 0 Å². The Bertz CT molecular complexity index is 1150. The minimum atomic E-state index is -0.539. The first-order chi connectivity index (χ1) is 14.7. The van der Waals surface area contributed by atoms with Crippen molar-refractivity contribution in [3.8, 4) is 11.3 Å². The van der Waals surface area contributed by atoms with Crippen LogP contribution < -0.4 is 10.6 Å². The van der Waals surface area contributed by atoms with Crippen LogP contribution in [0.5, 0.6) is 0 Å². The van der Waals surface area contributed by atoms with Gasteiger partial charge in [-0.2, -0.15) is 0 Å². The molecule has 2 N–H and O–H groups in total. The van der Waals surface area contributed by atoms with Crippen molar-refractivity contribution in [1.29, 1.82) is 0 Å². The van der Waals surface area contributed by atoms with E-state index < -0.39 is 12.2 Å². The van der Waals surface area contributed by atoms with Crippen LogP contribution in [0, 0.1) is 0 Å². The number of carbonyl (C=O) groups is 1. The second-order valence-electron chi connectivity index (χ2n) is 6.93. The van der Waals surface area contributed by atoms with Gasteiger partial charge in [0.15, 0.2) is 17.4 Å². The summed E-state index contributed by atoms with van der Waals surface area (Å²) in [6.07, 6.45) is -0.431. The molecule has 2 unspecified atom stereocenters. The van der Waals surface area contributed by atoms with Crippen molar-refractivity contribution < 1.29 is 9.21 Å². The molecule has 30 heavy (non-hydrogen) atoms. The number of nitrogens with one attached hydrogen (secondary N) is 2. The first-order valence-corrected chi connectivity index (χ1v) is 11.0. The number of benzene rings is 2. The van der Waals surface area contributed by atoms with E-state index in [0.717, 1.165) is 22.6 Å². The van der Waals surface area contributed by atoms with Gasteiger partial charge in [-0.3, -0.25) is 4.79 Å². The van der Waals surface area contributed by atoms with Crippen LogP contribution in [0.4, 0.5) is 5.69 Å². The van der Waals surface area contributed by atoms with E-state index in [1.165, 1.54) is 11.8 Å². The van der Waals surface area contributed by atoms with Crippen molar-refractivity contribution >= 4 is 40.1 Å². The summed E-state index contributed by atoms with van der Waals surface area (Å²) < 4.78 is 6.19. The molecule has 152 valence electrons. The molecule has 2 atom stereocenters. The summed E-state index contributed by atoms with van der Waals surface area (Å²) in [6.45, 7) is 2.02. The number of para-hydroxylation sites is 1. The van der Waals surface area contributed by atoms with Gasteiger partial charge in [0.2, 0.25) is 0 Å². The number of amidine groups is 1. The Morgan fingerprint density at radius 1 is 1.13 bits per heavy atom. The lowest BCUT2D eigenvalue weighted by molar-refractivity contribution is -0.127. The normalized spacial score (nSPS) is 20.0. The molecule has 6 nitrogen and oxygen atoms in total. The largest absolute Gasteiger partial charge is 0.457 e. The van der Waals surface area contributed by atoms with Crippen LogP contribution in [0.25, 0.3) is 11.3 Å². The van der Waals surface area contributed by atoms with Gasteiger partial charge in [0.1, 0.15) is 11.5 Å². The van der Waals surface area contributed by atoms with Crippen LogP contribution in [0.3, 0.4) is 0 Å². The van der Waals surface area contributed by atoms with Crippen molar-refractivity contribution in [2.45, 2.75) is 19.1 Å². The highest BCUT2D eigenvalue weighted by Crippen LogP contribution is 2.43. The van der Waals surface area contributed by atoms with Gasteiger partial charge < -0.3 is 15.1 Å². The fourth-order valence-electron chi connectivity index (χ4n) is 3.76. The number of thioether (sulfide) groups is 1. The Kier molecular flexibility index (Phi) is 4.92. The summed E-state index contributed by atoms with van der Waals surface area (Å²) in [5.41, 5.74) is 2.59. The maximum atomic E-state index is 13.0. The van der Waals surface area contributed by atoms with Gasteiger partial charge in [-0.25, -0.2) is 5.01 Å². The quantitative estimate of drug-likeness (QED) is 0.586. The minimum Gasteiger partial charge on any atom is -0.457 e. The maximum absolute atomic E-state index is 13.0. The highest BCUT2D eigenvalue weighted by atomic mass is 35.5. The fraction of sp³-hybridized carbons (Fsp3) is 0.182. The van der Waals surface area contributed by atoms with E-state index >= 15 is 0 Å². The predicted molar refractivity (Wildman–Crippen MR) is 120 cm³/mol. The van der Waals surface area contributed by atoms with Gasteiger partial charge in [-0.15, -0.1) is 5.10 Å². The second kappa shape index (κ2) is 7.74. The molecule has 0 fully saturated rings. The smallest absolute Gasteiger partial charge is 0.255 e. The van der Waals surface area contributed by atoms with Gasteiger partial charge in [-0.05, 0) is 36.1 Å². The lowest BCUT2D eigenvalue weighted by Gasteiger charge is -2.42. The summed E-state index contributed by atoms with van der Waals surface area (Å²) >= 11 is 7.84. The molecule has 0 radical (unpaired) electrons. The molecule has 0 aliphatic carbocycles. The zero-order valence-corrected chi connectivity index (χ0v) is 17.7. The number of rotatable bonds is 3. The topological polar surface area (TPSA) is 69.9 Å². The van der Waals surface area contributed by atoms with Crippen LogP contribution in [0.2, 0.25) is 5.02 Å². The molecular weight excluding hydrogens is 420 g/mol. The zero-order chi connectivity index (χ0) is 20.7. The first kappa shape index (κ1) is 19.1. The molecule has 3 heterocycles. The van der Waals surface area contributed by atoms with Crippen molar-refractivity contribution in [2.24, 2.45) is 5.10 Å². The molecule has 0 saturated carbocycles. The number of nitrogens with zero attached hydrogens (tertiary/aromatic N) is 2. The molecule has 0 saturated heterocycles. The molecular formula is C22H19ClN4O2S. The van der Waals surface area contributed by atoms with Crippen LogP contribution in [0.1, 0.15) is 30.5 Å². The summed E-state index contributed by atoms with van der Waals surface area (Å²) in [5, 5.41) is 14.1. The van der Waals surface area contributed by atoms with Gasteiger partial charge in [0.05, 0.1) is 5.02 Å². The highest BCUT2D eigenvalue weighted by molar-refractivity contribution is 8.13. The number of halogens is 1. The van der Waals surface area contributed by atoms with E-state index in [1.54, 1.807) is 5.01 Å². The van der Waals surface area contributed by atoms with Gasteiger partial charge in [0, 0.05) is 16.8 Å². The standard InChI is InChI=1S/C22H19ClN4O2S/c1-2-30-22-25-21(28)19-14-8-4-6-10-16(14)24-20(27(19)26-22)18-12-11-17(29-18)13-7-3-5-9-15(13)23/h3-12,19-20,24H,2H2,1H3,(H,25,26,28). The molecule has 2 aromatic carbocycles. The molecule has 2 aliphatic heterocycles. The highest BCUT2D eigenvalue weighted by Gasteiger charge is 2.43. The maximum Gasteiger partial charge on any atom is 0.255 e. The number of furan rings is 1. The third-order valence-electron chi connectivity index (χ3n) is 5.08. The Morgan fingerprint density at radius 2 is 1.93 bits per heavy atom. The minimum absolute atomic E-state index is 0.0993. The number of carbonyl (C=O) groups excluding carboxylic acids is 1. The van der Waals surface area contributed by atoms with Crippen LogP contribution in [-0.2, 0) is 4.79 Å². The number of anilines is 1. The lowest BCUT2D eigenvalue weighted by atomic mass is 9.99. The molecule has 1 aromatic heterocycles. The Labute approximate surface area is 183 Å². The molecule has 2 aliphatic rings. The fourth-order valence-corrected chi connectivity index (χ4v) is 4.59. The molecule has 1 amide bonds. The van der Waals surface area contributed by atoms with Crippen molar-refractivity contribution in [2.75, 3.05) is 11.1 Å². The Morgan fingerprint density at radius 3 is 2.77 bits per heavy atom. The average Bonchev–Trinajstić information content (AvgIpc) is 3.23. The molecule has 8 heteroatoms. The number of fused-ring (bicyclic) bond motifs is 3. The molecule has 0 spiro atoms. The summed E-state index contributed by atoms with van der Waals surface area (Å²) in [7, 11) is 0. The van der Waals surface area contributed by atoms with E-state index in [-0.39, 0.29) is 5.91 Å². The van der Waals surface area contributed by atoms with E-state index in [4.69, 9.17) is 21.1 Å². The van der Waals surface area contributed by atoms with Gasteiger partial charge in [-0.1, -0.05) is 60.6 Å². The SMILES string of the molecule is CCSC1=NN2C(c3ccc(-c4ccccc4Cl)o3)Nc3ccccc3C2C(=O)N1. The molecule has 3 aromatic rings. The van der Waals surface area contributed by atoms with E-state index in [2.05, 4.69) is 10.6 Å². The Balaban J connectivity index is 1.58. The number of hydrazone groups is 1. The van der Waals surface area contributed by atoms with Crippen LogP contribution in [-0.4, -0.2) is 21.8 Å². The van der Waals surface area contributed by atoms with Crippen LogP contribution in [0.15, 0.2) is 70.2 Å². The second-order valence-corrected chi connectivity index (χ2v) is 8.59. The average molecular weight is 439 g/mol. The lowest BCUT2D eigenvalue weighted by Crippen LogP contribution is -2.50. The van der Waals surface area contributed by atoms with E-state index in [0.29, 0.717) is 21.7 Å². The number of hydrogen-bond donors (Lipinski definition) is 2. The van der Waals surface area contributed by atoms with Gasteiger partial charge in [0.25, 0.3) is 5.91 Å².